The molecule has 1 saturated heterocycles. The molecule has 0 aliphatic carbocycles. The molecular formula is C17H27N3O. The van der Waals surface area contributed by atoms with E-state index in [0.717, 1.165) is 45.4 Å². The third-order valence-corrected chi connectivity index (χ3v) is 4.14. The van der Waals surface area contributed by atoms with Gasteiger partial charge in [-0.2, -0.15) is 0 Å². The van der Waals surface area contributed by atoms with Crippen molar-refractivity contribution in [1.29, 1.82) is 0 Å². The highest BCUT2D eigenvalue weighted by atomic mass is 16.2. The summed E-state index contributed by atoms with van der Waals surface area (Å²) in [5.74, 6) is 0.118. The van der Waals surface area contributed by atoms with Gasteiger partial charge in [0.1, 0.15) is 0 Å². The van der Waals surface area contributed by atoms with Crippen molar-refractivity contribution < 1.29 is 4.79 Å². The average Bonchev–Trinajstić information content (AvgIpc) is 2.52. The van der Waals surface area contributed by atoms with E-state index in [1.165, 1.54) is 11.3 Å². The van der Waals surface area contributed by atoms with Crippen molar-refractivity contribution in [3.05, 3.63) is 29.8 Å². The van der Waals surface area contributed by atoms with E-state index in [0.29, 0.717) is 0 Å². The lowest BCUT2D eigenvalue weighted by Crippen LogP contribution is -2.53. The molecule has 1 fully saturated rings. The quantitative estimate of drug-likeness (QED) is 0.903. The summed E-state index contributed by atoms with van der Waals surface area (Å²) in [4.78, 5) is 16.5. The van der Waals surface area contributed by atoms with Crippen LogP contribution in [0.4, 0.5) is 5.69 Å². The smallest absolute Gasteiger partial charge is 0.239 e. The maximum absolute atomic E-state index is 12.3. The number of amides is 1. The molecular weight excluding hydrogens is 262 g/mol. The van der Waals surface area contributed by atoms with Crippen LogP contribution in [0.2, 0.25) is 0 Å². The van der Waals surface area contributed by atoms with E-state index in [2.05, 4.69) is 43.0 Å². The molecule has 0 saturated carbocycles. The monoisotopic (exact) mass is 289 g/mol. The predicted octanol–water partition coefficient (Wildman–Crippen LogP) is 2.16. The van der Waals surface area contributed by atoms with E-state index in [1.54, 1.807) is 0 Å². The van der Waals surface area contributed by atoms with Crippen LogP contribution < -0.4 is 10.6 Å². The molecule has 2 N–H and O–H groups in total. The first-order chi connectivity index (χ1) is 10.1. The lowest BCUT2D eigenvalue weighted by Gasteiger charge is -2.37. The number of aryl methyl sites for hydroxylation is 1. The number of carbonyl (C=O) groups excluding carboxylic acids is 1. The topological polar surface area (TPSA) is 49.6 Å². The minimum atomic E-state index is -0.324. The van der Waals surface area contributed by atoms with E-state index < -0.39 is 0 Å². The molecule has 1 amide bonds. The zero-order chi connectivity index (χ0) is 15.2. The molecule has 1 aromatic rings. The Morgan fingerprint density at radius 1 is 1.29 bits per heavy atom. The first-order valence-corrected chi connectivity index (χ1v) is 7.97. The van der Waals surface area contributed by atoms with Crippen LogP contribution in [-0.2, 0) is 4.79 Å². The molecule has 116 valence electrons. The highest BCUT2D eigenvalue weighted by molar-refractivity contribution is 5.81. The Labute approximate surface area is 127 Å². The summed E-state index contributed by atoms with van der Waals surface area (Å²) < 4.78 is 0. The van der Waals surface area contributed by atoms with Gasteiger partial charge < -0.3 is 15.5 Å². The molecule has 4 nitrogen and oxygen atoms in total. The summed E-state index contributed by atoms with van der Waals surface area (Å²) >= 11 is 0. The van der Waals surface area contributed by atoms with Crippen molar-refractivity contribution in [3.8, 4) is 0 Å². The molecule has 1 aromatic carbocycles. The van der Waals surface area contributed by atoms with Crippen LogP contribution in [0.3, 0.4) is 0 Å². The number of unbranched alkanes of at least 4 members (excludes halogenated alkanes) is 1. The number of nitrogens with zero attached hydrogens (tertiary/aromatic N) is 2. The molecule has 2 rings (SSSR count). The molecule has 0 spiro atoms. The van der Waals surface area contributed by atoms with Gasteiger partial charge in [-0.25, -0.2) is 0 Å². The third kappa shape index (κ3) is 4.21. The van der Waals surface area contributed by atoms with Gasteiger partial charge in [0.15, 0.2) is 0 Å². The van der Waals surface area contributed by atoms with Crippen molar-refractivity contribution in [3.63, 3.8) is 0 Å². The van der Waals surface area contributed by atoms with E-state index in [9.17, 15) is 4.79 Å². The van der Waals surface area contributed by atoms with Crippen LogP contribution in [-0.4, -0.2) is 43.0 Å². The zero-order valence-corrected chi connectivity index (χ0v) is 13.2. The number of piperazine rings is 1. The molecule has 0 radical (unpaired) electrons. The van der Waals surface area contributed by atoms with Gasteiger partial charge in [0, 0.05) is 31.9 Å². The maximum Gasteiger partial charge on any atom is 0.239 e. The number of anilines is 1. The van der Waals surface area contributed by atoms with Crippen LogP contribution in [0.25, 0.3) is 0 Å². The standard InChI is InChI=1S/C17H27N3O/c1-3-4-8-16(18)17(21)20-11-9-19(10-12-20)15-7-5-6-14(2)13-15/h5-7,13,16H,3-4,8-12,18H2,1-2H3. The van der Waals surface area contributed by atoms with Crippen molar-refractivity contribution in [1.82, 2.24) is 4.90 Å². The number of nitrogens with two attached hydrogens (primary N) is 1. The second-order valence-corrected chi connectivity index (χ2v) is 5.90. The normalized spacial score (nSPS) is 16.9. The van der Waals surface area contributed by atoms with Gasteiger partial charge >= 0.3 is 0 Å². The van der Waals surface area contributed by atoms with Crippen LogP contribution in [0.1, 0.15) is 31.7 Å². The van der Waals surface area contributed by atoms with Crippen molar-refractivity contribution >= 4 is 11.6 Å². The Morgan fingerprint density at radius 3 is 2.62 bits per heavy atom. The number of carbonyl (C=O) groups is 1. The second-order valence-electron chi connectivity index (χ2n) is 5.90. The Bertz CT molecular complexity index is 467. The van der Waals surface area contributed by atoms with Crippen LogP contribution in [0, 0.1) is 6.92 Å². The van der Waals surface area contributed by atoms with E-state index in [-0.39, 0.29) is 11.9 Å². The van der Waals surface area contributed by atoms with E-state index in [4.69, 9.17) is 5.73 Å². The van der Waals surface area contributed by atoms with Gasteiger partial charge in [-0.3, -0.25) is 4.79 Å². The Balaban J connectivity index is 1.87. The fourth-order valence-electron chi connectivity index (χ4n) is 2.79. The zero-order valence-electron chi connectivity index (χ0n) is 13.2. The van der Waals surface area contributed by atoms with Crippen LogP contribution in [0.5, 0.6) is 0 Å². The minimum Gasteiger partial charge on any atom is -0.368 e. The summed E-state index contributed by atoms with van der Waals surface area (Å²) in [5, 5.41) is 0. The summed E-state index contributed by atoms with van der Waals surface area (Å²) in [6.45, 7) is 7.54. The maximum atomic E-state index is 12.3. The van der Waals surface area contributed by atoms with Crippen molar-refractivity contribution in [2.75, 3.05) is 31.1 Å². The van der Waals surface area contributed by atoms with E-state index >= 15 is 0 Å². The van der Waals surface area contributed by atoms with Crippen LogP contribution >= 0.6 is 0 Å². The second kappa shape index (κ2) is 7.46. The largest absolute Gasteiger partial charge is 0.368 e. The molecule has 1 atom stereocenters. The fraction of sp³-hybridized carbons (Fsp3) is 0.588. The molecule has 1 heterocycles. The van der Waals surface area contributed by atoms with Gasteiger partial charge in [0.25, 0.3) is 0 Å². The molecule has 0 bridgehead atoms. The van der Waals surface area contributed by atoms with Crippen molar-refractivity contribution in [2.45, 2.75) is 39.2 Å². The average molecular weight is 289 g/mol. The first kappa shape index (κ1) is 15.8. The lowest BCUT2D eigenvalue weighted by molar-refractivity contribution is -0.133. The number of hydrogen-bond acceptors (Lipinski definition) is 3. The lowest BCUT2D eigenvalue weighted by atomic mass is 10.1. The highest BCUT2D eigenvalue weighted by Gasteiger charge is 2.24. The minimum absolute atomic E-state index is 0.118. The summed E-state index contributed by atoms with van der Waals surface area (Å²) in [7, 11) is 0. The van der Waals surface area contributed by atoms with Gasteiger partial charge in [-0.1, -0.05) is 31.9 Å². The summed E-state index contributed by atoms with van der Waals surface area (Å²) in [6, 6.07) is 8.20. The molecule has 1 aliphatic rings. The number of rotatable bonds is 5. The predicted molar refractivity (Wildman–Crippen MR) is 87.5 cm³/mol. The Morgan fingerprint density at radius 2 is 2.00 bits per heavy atom. The number of benzene rings is 1. The van der Waals surface area contributed by atoms with Gasteiger partial charge in [-0.05, 0) is 31.0 Å². The van der Waals surface area contributed by atoms with Gasteiger partial charge in [-0.15, -0.1) is 0 Å². The summed E-state index contributed by atoms with van der Waals surface area (Å²) in [6.07, 6.45) is 2.91. The molecule has 1 unspecified atom stereocenters. The first-order valence-electron chi connectivity index (χ1n) is 7.97. The molecule has 21 heavy (non-hydrogen) atoms. The highest BCUT2D eigenvalue weighted by Crippen LogP contribution is 2.18. The van der Waals surface area contributed by atoms with Gasteiger partial charge in [0.2, 0.25) is 5.91 Å². The van der Waals surface area contributed by atoms with Crippen LogP contribution in [0.15, 0.2) is 24.3 Å². The third-order valence-electron chi connectivity index (χ3n) is 4.14. The Kier molecular flexibility index (Phi) is 5.62. The van der Waals surface area contributed by atoms with E-state index in [1.807, 2.05) is 4.90 Å². The molecule has 0 aromatic heterocycles. The van der Waals surface area contributed by atoms with Crippen molar-refractivity contribution in [2.24, 2.45) is 5.73 Å². The summed E-state index contributed by atoms with van der Waals surface area (Å²) in [5.41, 5.74) is 8.51. The Hall–Kier alpha value is -1.55. The van der Waals surface area contributed by atoms with Gasteiger partial charge in [0.05, 0.1) is 6.04 Å². The molecule has 4 heteroatoms. The SMILES string of the molecule is CCCCC(N)C(=O)N1CCN(c2cccc(C)c2)CC1. The number of hydrogen-bond donors (Lipinski definition) is 1. The fourth-order valence-corrected chi connectivity index (χ4v) is 2.79. The molecule has 1 aliphatic heterocycles.